The van der Waals surface area contributed by atoms with Crippen LogP contribution in [0.25, 0.3) is 16.5 Å². The van der Waals surface area contributed by atoms with E-state index in [0.717, 1.165) is 22.8 Å². The van der Waals surface area contributed by atoms with Gasteiger partial charge in [0.25, 0.3) is 0 Å². The van der Waals surface area contributed by atoms with Crippen LogP contribution in [0.15, 0.2) is 46.3 Å². The van der Waals surface area contributed by atoms with Gasteiger partial charge in [0.05, 0.1) is 16.4 Å². The average Bonchev–Trinajstić information content (AvgIpc) is 3.39. The molecule has 134 valence electrons. The fourth-order valence-electron chi connectivity index (χ4n) is 3.04. The number of halogens is 1. The summed E-state index contributed by atoms with van der Waals surface area (Å²) in [7, 11) is 0. The van der Waals surface area contributed by atoms with Gasteiger partial charge in [-0.3, -0.25) is 4.57 Å². The topological polar surface area (TPSA) is 70.8 Å². The predicted octanol–water partition coefficient (Wildman–Crippen LogP) is 3.68. The number of carbonyl (C=O) groups is 1. The first-order valence-corrected chi connectivity index (χ1v) is 10.0. The lowest BCUT2D eigenvalue weighted by Gasteiger charge is -2.24. The third-order valence-electron chi connectivity index (χ3n) is 4.62. The first-order chi connectivity index (χ1) is 12.4. The fraction of sp³-hybridized carbons (Fsp3) is 0.316. The van der Waals surface area contributed by atoms with Gasteiger partial charge >= 0.3 is 0 Å². The maximum atomic E-state index is 11.4. The largest absolute Gasteiger partial charge is 0.549 e. The Labute approximate surface area is 163 Å². The zero-order valence-corrected chi connectivity index (χ0v) is 16.8. The Morgan fingerprint density at radius 1 is 1.19 bits per heavy atom. The zero-order chi connectivity index (χ0) is 18.5. The SMILES string of the molecule is CC(C)(Sc1nnc(Br)n1-c1ccc(C2CC2)c2ccccc12)C(=O)[O-]. The van der Waals surface area contributed by atoms with Crippen molar-refractivity contribution >= 4 is 44.4 Å². The summed E-state index contributed by atoms with van der Waals surface area (Å²) in [5.41, 5.74) is 2.30. The van der Waals surface area contributed by atoms with Crippen molar-refractivity contribution in [3.05, 3.63) is 46.7 Å². The monoisotopic (exact) mass is 430 g/mol. The molecule has 0 spiro atoms. The number of hydrogen-bond acceptors (Lipinski definition) is 5. The van der Waals surface area contributed by atoms with Crippen LogP contribution in [-0.2, 0) is 4.79 Å². The van der Waals surface area contributed by atoms with Crippen LogP contribution in [0.4, 0.5) is 0 Å². The Balaban J connectivity index is 1.88. The number of rotatable bonds is 5. The summed E-state index contributed by atoms with van der Waals surface area (Å²) >= 11 is 4.58. The van der Waals surface area contributed by atoms with Crippen LogP contribution < -0.4 is 5.11 Å². The second-order valence-electron chi connectivity index (χ2n) is 6.98. The minimum atomic E-state index is -1.14. The summed E-state index contributed by atoms with van der Waals surface area (Å²) < 4.78 is 1.28. The van der Waals surface area contributed by atoms with Crippen molar-refractivity contribution in [2.24, 2.45) is 0 Å². The van der Waals surface area contributed by atoms with Crippen molar-refractivity contribution in [1.82, 2.24) is 14.8 Å². The number of fused-ring (bicyclic) bond motifs is 1. The Morgan fingerprint density at radius 2 is 1.88 bits per heavy atom. The fourth-order valence-corrected chi connectivity index (χ4v) is 4.50. The lowest BCUT2D eigenvalue weighted by Crippen LogP contribution is -2.41. The van der Waals surface area contributed by atoms with Gasteiger partial charge in [0.15, 0.2) is 5.16 Å². The normalized spacial score (nSPS) is 14.7. The summed E-state index contributed by atoms with van der Waals surface area (Å²) in [5, 5.41) is 22.5. The molecule has 1 fully saturated rings. The molecule has 1 aliphatic carbocycles. The van der Waals surface area contributed by atoms with E-state index in [1.165, 1.54) is 23.8 Å². The molecule has 2 aromatic carbocycles. The summed E-state index contributed by atoms with van der Waals surface area (Å²) in [5.74, 6) is -0.494. The molecule has 0 amide bonds. The number of hydrogen-bond donors (Lipinski definition) is 0. The second kappa shape index (κ2) is 6.39. The maximum absolute atomic E-state index is 11.4. The van der Waals surface area contributed by atoms with Crippen molar-refractivity contribution in [3.8, 4) is 5.69 Å². The number of nitrogens with zero attached hydrogens (tertiary/aromatic N) is 3. The number of aliphatic carboxylic acids is 1. The summed E-state index contributed by atoms with van der Waals surface area (Å²) in [6.45, 7) is 3.21. The third-order valence-corrected chi connectivity index (χ3v) is 6.26. The molecule has 0 N–H and O–H groups in total. The van der Waals surface area contributed by atoms with E-state index in [0.29, 0.717) is 15.8 Å². The molecule has 1 saturated carbocycles. The van der Waals surface area contributed by atoms with Crippen molar-refractivity contribution in [2.75, 3.05) is 0 Å². The Kier molecular flexibility index (Phi) is 4.31. The molecular weight excluding hydrogens is 414 g/mol. The molecule has 1 aromatic heterocycles. The molecule has 0 radical (unpaired) electrons. The lowest BCUT2D eigenvalue weighted by atomic mass is 9.99. The highest BCUT2D eigenvalue weighted by atomic mass is 79.9. The Bertz CT molecular complexity index is 1010. The van der Waals surface area contributed by atoms with Gasteiger partial charge < -0.3 is 9.90 Å². The van der Waals surface area contributed by atoms with Gasteiger partial charge in [0.2, 0.25) is 4.73 Å². The molecule has 7 heteroatoms. The van der Waals surface area contributed by atoms with E-state index in [1.54, 1.807) is 13.8 Å². The van der Waals surface area contributed by atoms with Crippen molar-refractivity contribution in [3.63, 3.8) is 0 Å². The molecule has 0 unspecified atom stereocenters. The van der Waals surface area contributed by atoms with Crippen LogP contribution in [0.1, 0.15) is 38.2 Å². The van der Waals surface area contributed by atoms with E-state index in [4.69, 9.17) is 0 Å². The molecule has 1 aliphatic rings. The van der Waals surface area contributed by atoms with Crippen LogP contribution in [0.3, 0.4) is 0 Å². The zero-order valence-electron chi connectivity index (χ0n) is 14.4. The van der Waals surface area contributed by atoms with Crippen LogP contribution in [0, 0.1) is 0 Å². The van der Waals surface area contributed by atoms with E-state index in [1.807, 2.05) is 16.7 Å². The van der Waals surface area contributed by atoms with E-state index < -0.39 is 10.7 Å². The van der Waals surface area contributed by atoms with E-state index in [9.17, 15) is 9.90 Å². The minimum absolute atomic E-state index is 0.510. The molecule has 0 bridgehead atoms. The first-order valence-electron chi connectivity index (χ1n) is 8.42. The van der Waals surface area contributed by atoms with Crippen molar-refractivity contribution in [2.45, 2.75) is 42.5 Å². The third kappa shape index (κ3) is 3.03. The highest BCUT2D eigenvalue weighted by Gasteiger charge is 2.28. The van der Waals surface area contributed by atoms with Crippen LogP contribution in [0.5, 0.6) is 0 Å². The highest BCUT2D eigenvalue weighted by molar-refractivity contribution is 9.10. The summed E-state index contributed by atoms with van der Waals surface area (Å²) in [6, 6.07) is 12.5. The molecule has 0 aliphatic heterocycles. The van der Waals surface area contributed by atoms with Gasteiger partial charge in [-0.25, -0.2) is 0 Å². The number of carboxylic acid groups (broad SMARTS) is 1. The van der Waals surface area contributed by atoms with E-state index in [2.05, 4.69) is 50.4 Å². The summed E-state index contributed by atoms with van der Waals surface area (Å²) in [6.07, 6.45) is 2.47. The maximum Gasteiger partial charge on any atom is 0.205 e. The predicted molar refractivity (Wildman–Crippen MR) is 103 cm³/mol. The molecule has 4 rings (SSSR count). The Hall–Kier alpha value is -1.86. The smallest absolute Gasteiger partial charge is 0.205 e. The average molecular weight is 431 g/mol. The molecule has 0 saturated heterocycles. The Morgan fingerprint density at radius 3 is 2.54 bits per heavy atom. The minimum Gasteiger partial charge on any atom is -0.549 e. The highest BCUT2D eigenvalue weighted by Crippen LogP contribution is 2.44. The van der Waals surface area contributed by atoms with Crippen molar-refractivity contribution in [1.29, 1.82) is 0 Å². The molecule has 3 aromatic rings. The second-order valence-corrected chi connectivity index (χ2v) is 9.28. The van der Waals surface area contributed by atoms with Gasteiger partial charge in [-0.15, -0.1) is 10.2 Å². The molecule has 0 atom stereocenters. The standard InChI is InChI=1S/C19H18BrN3O2S/c1-19(2,16(24)25)26-18-22-21-17(20)23(18)15-10-9-12(11-7-8-11)13-5-3-4-6-14(13)15/h3-6,9-11H,7-8H2,1-2H3,(H,24,25)/p-1. The van der Waals surface area contributed by atoms with Gasteiger partial charge in [0, 0.05) is 5.39 Å². The quantitative estimate of drug-likeness (QED) is 0.577. The molecule has 26 heavy (non-hydrogen) atoms. The number of thioether (sulfide) groups is 1. The van der Waals surface area contributed by atoms with Gasteiger partial charge in [-0.1, -0.05) is 42.1 Å². The van der Waals surface area contributed by atoms with Crippen LogP contribution in [0.2, 0.25) is 0 Å². The number of carboxylic acids is 1. The summed E-state index contributed by atoms with van der Waals surface area (Å²) in [4.78, 5) is 11.4. The van der Waals surface area contributed by atoms with E-state index >= 15 is 0 Å². The molecule has 5 nitrogen and oxygen atoms in total. The first kappa shape index (κ1) is 17.5. The molecule has 1 heterocycles. The number of aromatic nitrogens is 3. The molecular formula is C19H17BrN3O2S-. The van der Waals surface area contributed by atoms with Crippen LogP contribution in [-0.4, -0.2) is 25.5 Å². The van der Waals surface area contributed by atoms with Gasteiger partial charge in [-0.2, -0.15) is 0 Å². The van der Waals surface area contributed by atoms with Crippen LogP contribution >= 0.6 is 27.7 Å². The number of carbonyl (C=O) groups excluding carboxylic acids is 1. The van der Waals surface area contributed by atoms with Crippen molar-refractivity contribution < 1.29 is 9.90 Å². The lowest BCUT2D eigenvalue weighted by molar-refractivity contribution is -0.308. The van der Waals surface area contributed by atoms with Gasteiger partial charge in [-0.05, 0) is 65.6 Å². The number of benzene rings is 2. The van der Waals surface area contributed by atoms with Gasteiger partial charge in [0.1, 0.15) is 0 Å². The van der Waals surface area contributed by atoms with E-state index in [-0.39, 0.29) is 0 Å².